The molecule has 0 fully saturated rings. The molecule has 0 aliphatic heterocycles. The van der Waals surface area contributed by atoms with Crippen molar-refractivity contribution in [2.75, 3.05) is 5.43 Å². The van der Waals surface area contributed by atoms with Crippen molar-refractivity contribution in [1.82, 2.24) is 9.97 Å². The van der Waals surface area contributed by atoms with E-state index in [4.69, 9.17) is 27.9 Å². The number of aromatic nitrogens is 2. The molecule has 0 spiro atoms. The Morgan fingerprint density at radius 1 is 1.22 bits per heavy atom. The Bertz CT molecular complexity index is 1030. The fourth-order valence-electron chi connectivity index (χ4n) is 2.28. The number of benzene rings is 2. The highest BCUT2D eigenvalue weighted by molar-refractivity contribution is 6.35. The average molecular weight is 403 g/mol. The molecule has 0 unspecified atom stereocenters. The van der Waals surface area contributed by atoms with Crippen LogP contribution in [0.15, 0.2) is 58.4 Å². The number of aryl methyl sites for hydroxylation is 1. The maximum absolute atomic E-state index is 11.4. The van der Waals surface area contributed by atoms with Crippen molar-refractivity contribution in [3.05, 3.63) is 85.8 Å². The number of rotatable bonds is 6. The summed E-state index contributed by atoms with van der Waals surface area (Å²) >= 11 is 12.0. The van der Waals surface area contributed by atoms with Crippen molar-refractivity contribution in [3.8, 4) is 5.75 Å². The number of nitrogens with one attached hydrogen (secondary N) is 2. The number of H-pyrrole nitrogens is 1. The first-order valence-electron chi connectivity index (χ1n) is 8.03. The minimum Gasteiger partial charge on any atom is -0.489 e. The van der Waals surface area contributed by atoms with Gasteiger partial charge in [-0.3, -0.25) is 9.78 Å². The van der Waals surface area contributed by atoms with E-state index in [9.17, 15) is 4.79 Å². The van der Waals surface area contributed by atoms with Gasteiger partial charge in [-0.2, -0.15) is 5.10 Å². The summed E-state index contributed by atoms with van der Waals surface area (Å²) in [5, 5.41) is 5.22. The van der Waals surface area contributed by atoms with E-state index in [1.165, 1.54) is 6.07 Å². The van der Waals surface area contributed by atoms with Crippen LogP contribution in [0.1, 0.15) is 16.8 Å². The summed E-state index contributed by atoms with van der Waals surface area (Å²) < 4.78 is 5.78. The van der Waals surface area contributed by atoms with Gasteiger partial charge in [0.05, 0.1) is 6.21 Å². The summed E-state index contributed by atoms with van der Waals surface area (Å²) in [4.78, 5) is 18.1. The lowest BCUT2D eigenvalue weighted by Gasteiger charge is -2.08. The molecule has 0 atom stereocenters. The fraction of sp³-hybridized carbons (Fsp3) is 0.105. The molecule has 27 heavy (non-hydrogen) atoms. The van der Waals surface area contributed by atoms with Gasteiger partial charge in [0.2, 0.25) is 5.95 Å². The standard InChI is InChI=1S/C19H16Cl2N4O2/c1-12-7-18(26)24-19(23-12)25-22-10-13-3-2-4-16(8-13)27-11-14-5-6-15(20)9-17(14)21/h2-10H,11H2,1H3,(H2,23,24,25,26)/b22-10+. The minimum absolute atomic E-state index is 0.239. The van der Waals surface area contributed by atoms with Gasteiger partial charge in [0.15, 0.2) is 0 Å². The van der Waals surface area contributed by atoms with Gasteiger partial charge in [0, 0.05) is 27.4 Å². The van der Waals surface area contributed by atoms with Crippen LogP contribution in [0.4, 0.5) is 5.95 Å². The maximum Gasteiger partial charge on any atom is 0.252 e. The van der Waals surface area contributed by atoms with Gasteiger partial charge in [-0.1, -0.05) is 41.4 Å². The Balaban J connectivity index is 1.63. The molecule has 1 aromatic heterocycles. The number of hydrogen-bond acceptors (Lipinski definition) is 5. The van der Waals surface area contributed by atoms with Gasteiger partial charge < -0.3 is 4.74 Å². The molecule has 0 amide bonds. The molecule has 2 aromatic carbocycles. The Morgan fingerprint density at radius 2 is 2.07 bits per heavy atom. The largest absolute Gasteiger partial charge is 0.489 e. The summed E-state index contributed by atoms with van der Waals surface area (Å²) in [5.74, 6) is 0.952. The molecule has 0 aliphatic carbocycles. The first kappa shape index (κ1) is 18.9. The lowest BCUT2D eigenvalue weighted by molar-refractivity contribution is 0.306. The molecule has 3 aromatic rings. The van der Waals surface area contributed by atoms with E-state index in [1.807, 2.05) is 30.3 Å². The Hall–Kier alpha value is -2.83. The van der Waals surface area contributed by atoms with E-state index in [0.717, 1.165) is 11.1 Å². The van der Waals surface area contributed by atoms with E-state index in [-0.39, 0.29) is 11.5 Å². The highest BCUT2D eigenvalue weighted by Crippen LogP contribution is 2.23. The fourth-order valence-corrected chi connectivity index (χ4v) is 2.75. The van der Waals surface area contributed by atoms with Crippen LogP contribution >= 0.6 is 23.2 Å². The number of hydrogen-bond donors (Lipinski definition) is 2. The van der Waals surface area contributed by atoms with Crippen molar-refractivity contribution in [1.29, 1.82) is 0 Å². The second-order valence-corrected chi connectivity index (χ2v) is 6.55. The van der Waals surface area contributed by atoms with E-state index < -0.39 is 0 Å². The molecular formula is C19H16Cl2N4O2. The number of hydrazone groups is 1. The predicted molar refractivity (Wildman–Crippen MR) is 108 cm³/mol. The van der Waals surface area contributed by atoms with E-state index in [1.54, 1.807) is 25.3 Å². The van der Waals surface area contributed by atoms with Gasteiger partial charge in [0.1, 0.15) is 12.4 Å². The molecule has 2 N–H and O–H groups in total. The maximum atomic E-state index is 11.4. The van der Waals surface area contributed by atoms with Gasteiger partial charge in [-0.15, -0.1) is 0 Å². The van der Waals surface area contributed by atoms with E-state index in [0.29, 0.717) is 28.1 Å². The molecule has 0 saturated carbocycles. The van der Waals surface area contributed by atoms with E-state index in [2.05, 4.69) is 20.5 Å². The molecule has 8 heteroatoms. The monoisotopic (exact) mass is 402 g/mol. The van der Waals surface area contributed by atoms with E-state index >= 15 is 0 Å². The third kappa shape index (κ3) is 5.57. The van der Waals surface area contributed by atoms with Crippen LogP contribution in [0.3, 0.4) is 0 Å². The lowest BCUT2D eigenvalue weighted by Crippen LogP contribution is -2.10. The number of aromatic amines is 1. The smallest absolute Gasteiger partial charge is 0.252 e. The Labute approximate surface area is 165 Å². The zero-order valence-electron chi connectivity index (χ0n) is 14.4. The summed E-state index contributed by atoms with van der Waals surface area (Å²) in [5.41, 5.74) is 4.72. The molecule has 3 rings (SSSR count). The summed E-state index contributed by atoms with van der Waals surface area (Å²) in [6.07, 6.45) is 1.60. The zero-order valence-corrected chi connectivity index (χ0v) is 15.9. The average Bonchev–Trinajstić information content (AvgIpc) is 2.60. The molecule has 6 nitrogen and oxygen atoms in total. The highest BCUT2D eigenvalue weighted by Gasteiger charge is 2.03. The van der Waals surface area contributed by atoms with Crippen LogP contribution in [0.25, 0.3) is 0 Å². The van der Waals surface area contributed by atoms with Crippen LogP contribution in [-0.4, -0.2) is 16.2 Å². The predicted octanol–water partition coefficient (Wildman–Crippen LogP) is 4.41. The summed E-state index contributed by atoms with van der Waals surface area (Å²) in [7, 11) is 0. The first-order valence-corrected chi connectivity index (χ1v) is 8.79. The third-order valence-corrected chi connectivity index (χ3v) is 4.11. The summed E-state index contributed by atoms with van der Waals surface area (Å²) in [6, 6.07) is 14.1. The quantitative estimate of drug-likeness (QED) is 0.472. The molecule has 0 saturated heterocycles. The second-order valence-electron chi connectivity index (χ2n) is 5.70. The van der Waals surface area contributed by atoms with Crippen LogP contribution < -0.4 is 15.7 Å². The van der Waals surface area contributed by atoms with Crippen molar-refractivity contribution in [2.24, 2.45) is 5.10 Å². The second kappa shape index (κ2) is 8.70. The van der Waals surface area contributed by atoms with Crippen molar-refractivity contribution in [3.63, 3.8) is 0 Å². The number of halogens is 2. The molecule has 0 radical (unpaired) electrons. The highest BCUT2D eigenvalue weighted by atomic mass is 35.5. The molecule has 138 valence electrons. The van der Waals surface area contributed by atoms with Gasteiger partial charge >= 0.3 is 0 Å². The molecular weight excluding hydrogens is 387 g/mol. The van der Waals surface area contributed by atoms with Gasteiger partial charge in [-0.25, -0.2) is 10.4 Å². The SMILES string of the molecule is Cc1cc(=O)[nH]c(N/N=C/c2cccc(OCc3ccc(Cl)cc3Cl)c2)n1. The molecule has 1 heterocycles. The first-order chi connectivity index (χ1) is 13.0. The molecule has 0 bridgehead atoms. The number of nitrogens with zero attached hydrogens (tertiary/aromatic N) is 2. The third-order valence-electron chi connectivity index (χ3n) is 3.52. The van der Waals surface area contributed by atoms with Crippen LogP contribution in [0, 0.1) is 6.92 Å². The number of ether oxygens (including phenoxy) is 1. The molecule has 0 aliphatic rings. The summed E-state index contributed by atoms with van der Waals surface area (Å²) in [6.45, 7) is 2.06. The minimum atomic E-state index is -0.239. The van der Waals surface area contributed by atoms with Crippen molar-refractivity contribution >= 4 is 35.4 Å². The Morgan fingerprint density at radius 3 is 2.85 bits per heavy atom. The zero-order chi connectivity index (χ0) is 19.2. The topological polar surface area (TPSA) is 79.4 Å². The van der Waals surface area contributed by atoms with Crippen molar-refractivity contribution in [2.45, 2.75) is 13.5 Å². The normalized spacial score (nSPS) is 10.9. The van der Waals surface area contributed by atoms with Gasteiger partial charge in [0.25, 0.3) is 5.56 Å². The van der Waals surface area contributed by atoms with Crippen LogP contribution in [-0.2, 0) is 6.61 Å². The van der Waals surface area contributed by atoms with Crippen LogP contribution in [0.5, 0.6) is 5.75 Å². The lowest BCUT2D eigenvalue weighted by atomic mass is 10.2. The Kier molecular flexibility index (Phi) is 6.11. The van der Waals surface area contributed by atoms with Crippen LogP contribution in [0.2, 0.25) is 10.0 Å². The number of anilines is 1. The van der Waals surface area contributed by atoms with Gasteiger partial charge in [-0.05, 0) is 36.8 Å². The van der Waals surface area contributed by atoms with Crippen molar-refractivity contribution < 1.29 is 4.74 Å².